The Morgan fingerprint density at radius 1 is 1.42 bits per heavy atom. The SMILES string of the molecule is CB(O)CCCN1CCc2nc(C(C)(C)C)sc2C1. The van der Waals surface area contributed by atoms with Crippen LogP contribution >= 0.6 is 11.3 Å². The highest BCUT2D eigenvalue weighted by atomic mass is 32.1. The van der Waals surface area contributed by atoms with E-state index in [2.05, 4.69) is 25.7 Å². The molecule has 2 heterocycles. The van der Waals surface area contributed by atoms with Gasteiger partial charge < -0.3 is 5.02 Å². The Labute approximate surface area is 121 Å². The Balaban J connectivity index is 1.94. The van der Waals surface area contributed by atoms with E-state index in [1.54, 1.807) is 0 Å². The van der Waals surface area contributed by atoms with Crippen LogP contribution in [0.25, 0.3) is 0 Å². The lowest BCUT2D eigenvalue weighted by Gasteiger charge is -2.25. The van der Waals surface area contributed by atoms with Gasteiger partial charge in [0.25, 0.3) is 6.92 Å². The van der Waals surface area contributed by atoms with E-state index in [1.165, 1.54) is 15.6 Å². The molecule has 0 spiro atoms. The van der Waals surface area contributed by atoms with E-state index < -0.39 is 0 Å². The van der Waals surface area contributed by atoms with Crippen molar-refractivity contribution in [2.24, 2.45) is 0 Å². The highest BCUT2D eigenvalue weighted by Gasteiger charge is 2.25. The van der Waals surface area contributed by atoms with Crippen molar-refractivity contribution in [3.63, 3.8) is 0 Å². The topological polar surface area (TPSA) is 36.4 Å². The van der Waals surface area contributed by atoms with E-state index in [9.17, 15) is 5.02 Å². The molecule has 0 saturated carbocycles. The first-order valence-corrected chi connectivity index (χ1v) is 8.07. The molecule has 19 heavy (non-hydrogen) atoms. The normalized spacial score (nSPS) is 16.5. The van der Waals surface area contributed by atoms with Gasteiger partial charge in [0.2, 0.25) is 0 Å². The summed E-state index contributed by atoms with van der Waals surface area (Å²) in [4.78, 5) is 8.76. The summed E-state index contributed by atoms with van der Waals surface area (Å²) in [5, 5.41) is 10.6. The van der Waals surface area contributed by atoms with Crippen molar-refractivity contribution in [3.8, 4) is 0 Å². The van der Waals surface area contributed by atoms with E-state index >= 15 is 0 Å². The molecule has 1 aromatic rings. The number of thiazole rings is 1. The quantitative estimate of drug-likeness (QED) is 0.862. The molecule has 5 heteroatoms. The molecule has 0 radical (unpaired) electrons. The van der Waals surface area contributed by atoms with Gasteiger partial charge in [-0.05, 0) is 19.3 Å². The number of hydrogen-bond acceptors (Lipinski definition) is 4. The van der Waals surface area contributed by atoms with Crippen molar-refractivity contribution in [1.29, 1.82) is 0 Å². The minimum absolute atomic E-state index is 0.166. The van der Waals surface area contributed by atoms with Gasteiger partial charge in [-0.1, -0.05) is 27.6 Å². The summed E-state index contributed by atoms with van der Waals surface area (Å²) in [7, 11) is 0. The molecule has 0 bridgehead atoms. The number of hydrogen-bond donors (Lipinski definition) is 1. The highest BCUT2D eigenvalue weighted by molar-refractivity contribution is 7.11. The van der Waals surface area contributed by atoms with Crippen LogP contribution in [0.4, 0.5) is 0 Å². The Hall–Kier alpha value is -0.385. The van der Waals surface area contributed by atoms with Gasteiger partial charge in [-0.3, -0.25) is 4.90 Å². The van der Waals surface area contributed by atoms with E-state index in [0.29, 0.717) is 0 Å². The smallest absolute Gasteiger partial charge is 0.285 e. The first kappa shape index (κ1) is 15.0. The molecule has 0 aliphatic carbocycles. The van der Waals surface area contributed by atoms with Gasteiger partial charge in [0, 0.05) is 29.8 Å². The molecule has 0 atom stereocenters. The fraction of sp³-hybridized carbons (Fsp3) is 0.786. The van der Waals surface area contributed by atoms with Crippen molar-refractivity contribution in [3.05, 3.63) is 15.6 Å². The summed E-state index contributed by atoms with van der Waals surface area (Å²) in [6.45, 7) is 11.6. The van der Waals surface area contributed by atoms with Crippen molar-refractivity contribution in [2.75, 3.05) is 13.1 Å². The third-order valence-electron chi connectivity index (χ3n) is 3.55. The van der Waals surface area contributed by atoms with Gasteiger partial charge >= 0.3 is 0 Å². The zero-order valence-electron chi connectivity index (χ0n) is 12.6. The van der Waals surface area contributed by atoms with Gasteiger partial charge in [0.1, 0.15) is 0 Å². The minimum atomic E-state index is -0.170. The average Bonchev–Trinajstić information content (AvgIpc) is 2.71. The minimum Gasteiger partial charge on any atom is -0.451 e. The molecule has 1 aliphatic heterocycles. The van der Waals surface area contributed by atoms with Gasteiger partial charge in [-0.25, -0.2) is 4.98 Å². The largest absolute Gasteiger partial charge is 0.451 e. The van der Waals surface area contributed by atoms with Gasteiger partial charge in [-0.15, -0.1) is 11.3 Å². The Morgan fingerprint density at radius 3 is 2.79 bits per heavy atom. The van der Waals surface area contributed by atoms with Crippen molar-refractivity contribution >= 4 is 18.3 Å². The first-order valence-electron chi connectivity index (χ1n) is 7.26. The molecule has 2 rings (SSSR count). The molecule has 1 aliphatic rings. The fourth-order valence-corrected chi connectivity index (χ4v) is 3.58. The van der Waals surface area contributed by atoms with Crippen molar-refractivity contribution in [2.45, 2.75) is 58.7 Å². The molecule has 0 unspecified atom stereocenters. The van der Waals surface area contributed by atoms with Crippen molar-refractivity contribution < 1.29 is 5.02 Å². The lowest BCUT2D eigenvalue weighted by atomic mass is 9.67. The summed E-state index contributed by atoms with van der Waals surface area (Å²) in [6, 6.07) is 0. The maximum absolute atomic E-state index is 9.31. The zero-order valence-corrected chi connectivity index (χ0v) is 13.4. The van der Waals surface area contributed by atoms with Gasteiger partial charge in [0.15, 0.2) is 0 Å². The van der Waals surface area contributed by atoms with E-state index in [1.807, 2.05) is 18.2 Å². The average molecular weight is 280 g/mol. The molecule has 106 valence electrons. The summed E-state index contributed by atoms with van der Waals surface area (Å²) < 4.78 is 0. The molecule has 0 fully saturated rings. The Morgan fingerprint density at radius 2 is 2.16 bits per heavy atom. The summed E-state index contributed by atoms with van der Waals surface area (Å²) >= 11 is 1.88. The maximum Gasteiger partial charge on any atom is 0.285 e. The van der Waals surface area contributed by atoms with E-state index in [-0.39, 0.29) is 12.3 Å². The second kappa shape index (κ2) is 5.94. The molecule has 0 aromatic carbocycles. The second-order valence-corrected chi connectivity index (χ2v) is 7.74. The number of rotatable bonds is 4. The number of aromatic nitrogens is 1. The Kier molecular flexibility index (Phi) is 4.69. The number of nitrogens with zero attached hydrogens (tertiary/aromatic N) is 2. The first-order chi connectivity index (χ1) is 8.86. The Bertz CT molecular complexity index is 426. The van der Waals surface area contributed by atoms with Crippen LogP contribution in [0.5, 0.6) is 0 Å². The summed E-state index contributed by atoms with van der Waals surface area (Å²) in [5.74, 6) is 0. The molecule has 0 amide bonds. The van der Waals surface area contributed by atoms with E-state index in [0.717, 1.165) is 38.8 Å². The fourth-order valence-electron chi connectivity index (χ4n) is 2.37. The van der Waals surface area contributed by atoms with Crippen LogP contribution in [-0.2, 0) is 18.4 Å². The predicted octanol–water partition coefficient (Wildman–Crippen LogP) is 2.80. The highest BCUT2D eigenvalue weighted by Crippen LogP contribution is 2.32. The zero-order chi connectivity index (χ0) is 14.0. The summed E-state index contributed by atoms with van der Waals surface area (Å²) in [5.41, 5.74) is 1.49. The number of fused-ring (bicyclic) bond motifs is 1. The van der Waals surface area contributed by atoms with Crippen LogP contribution < -0.4 is 0 Å². The monoisotopic (exact) mass is 280 g/mol. The second-order valence-electron chi connectivity index (χ2n) is 6.66. The maximum atomic E-state index is 9.31. The van der Waals surface area contributed by atoms with Crippen LogP contribution in [0.3, 0.4) is 0 Å². The molecule has 1 aromatic heterocycles. The predicted molar refractivity (Wildman–Crippen MR) is 83.1 cm³/mol. The third-order valence-corrected chi connectivity index (χ3v) is 5.06. The molecular formula is C14H25BN2OS. The molecule has 0 saturated heterocycles. The third kappa shape index (κ3) is 4.04. The van der Waals surface area contributed by atoms with Crippen LogP contribution in [0.15, 0.2) is 0 Å². The lowest BCUT2D eigenvalue weighted by Crippen LogP contribution is -2.31. The van der Waals surface area contributed by atoms with Gasteiger partial charge in [0.05, 0.1) is 10.7 Å². The van der Waals surface area contributed by atoms with E-state index in [4.69, 9.17) is 4.98 Å². The van der Waals surface area contributed by atoms with Crippen molar-refractivity contribution in [1.82, 2.24) is 9.88 Å². The standard InChI is InChI=1S/C14H25BN2OS/c1-14(2,3)13-16-11-6-9-17(10-12(11)19-13)8-5-7-15(4)18/h18H,5-10H2,1-4H3. The van der Waals surface area contributed by atoms with Crippen LogP contribution in [-0.4, -0.2) is 34.9 Å². The molecule has 1 N–H and O–H groups in total. The lowest BCUT2D eigenvalue weighted by molar-refractivity contribution is 0.255. The molecule has 3 nitrogen and oxygen atoms in total. The van der Waals surface area contributed by atoms with Gasteiger partial charge in [-0.2, -0.15) is 0 Å². The van der Waals surface area contributed by atoms with Crippen LogP contribution in [0, 0.1) is 0 Å². The van der Waals surface area contributed by atoms with Crippen LogP contribution in [0.1, 0.15) is 42.8 Å². The summed E-state index contributed by atoms with van der Waals surface area (Å²) in [6.07, 6.45) is 3.06. The molecular weight excluding hydrogens is 255 g/mol. The van der Waals surface area contributed by atoms with Crippen LogP contribution in [0.2, 0.25) is 13.1 Å².